The molecule has 4 heteroatoms. The van der Waals surface area contributed by atoms with Crippen molar-refractivity contribution in [3.63, 3.8) is 0 Å². The second-order valence-corrected chi connectivity index (χ2v) is 15.3. The molecule has 0 bridgehead atoms. The van der Waals surface area contributed by atoms with Crippen molar-refractivity contribution in [1.29, 1.82) is 0 Å². The number of ether oxygens (including phenoxy) is 2. The summed E-state index contributed by atoms with van der Waals surface area (Å²) in [5, 5.41) is 0. The van der Waals surface area contributed by atoms with Gasteiger partial charge >= 0.3 is 11.9 Å². The molecule has 0 saturated heterocycles. The number of unbranched alkanes of at least 4 members (excludes halogenated alkanes) is 34. The van der Waals surface area contributed by atoms with Crippen LogP contribution in [0.1, 0.15) is 264 Å². The molecule has 0 spiro atoms. The molecule has 0 aliphatic rings. The van der Waals surface area contributed by atoms with Gasteiger partial charge in [-0.25, -0.2) is 0 Å². The summed E-state index contributed by atoms with van der Waals surface area (Å²) < 4.78 is 10.7. The van der Waals surface area contributed by atoms with E-state index in [-0.39, 0.29) is 11.9 Å². The highest BCUT2D eigenvalue weighted by molar-refractivity contribution is 5.69. The van der Waals surface area contributed by atoms with E-state index >= 15 is 0 Å². The van der Waals surface area contributed by atoms with Crippen LogP contribution >= 0.6 is 0 Å². The standard InChI is InChI=1S/C45H88O4/c1-3-5-7-9-11-13-15-17-19-21-23-25-27-29-31-33-35-37-40-44(46)48-42-39-43-49-45(47)41-38-36-34-32-30-28-26-24-22-20-18-16-14-12-10-8-6-4-2/h3-43H2,1-2H3. The molecule has 4 nitrogen and oxygen atoms in total. The van der Waals surface area contributed by atoms with Gasteiger partial charge in [-0.15, -0.1) is 0 Å². The zero-order valence-corrected chi connectivity index (χ0v) is 33.6. The summed E-state index contributed by atoms with van der Waals surface area (Å²) in [5.41, 5.74) is 0. The third-order valence-corrected chi connectivity index (χ3v) is 10.3. The summed E-state index contributed by atoms with van der Waals surface area (Å²) in [5.74, 6) is -0.219. The molecule has 49 heavy (non-hydrogen) atoms. The summed E-state index contributed by atoms with van der Waals surface area (Å²) in [6.07, 6.45) is 50.2. The van der Waals surface area contributed by atoms with E-state index in [4.69, 9.17) is 9.47 Å². The zero-order chi connectivity index (χ0) is 35.6. The second kappa shape index (κ2) is 43.1. The predicted octanol–water partition coefficient (Wildman–Crippen LogP) is 15.3. The molecular formula is C45H88O4. The van der Waals surface area contributed by atoms with E-state index in [1.54, 1.807) is 0 Å². The summed E-state index contributed by atoms with van der Waals surface area (Å²) in [6.45, 7) is 5.28. The van der Waals surface area contributed by atoms with Gasteiger partial charge in [-0.2, -0.15) is 0 Å². The molecule has 0 aromatic carbocycles. The minimum absolute atomic E-state index is 0.110. The van der Waals surface area contributed by atoms with E-state index in [1.807, 2.05) is 0 Å². The Morgan fingerprint density at radius 3 is 0.653 bits per heavy atom. The number of carbonyl (C=O) groups is 2. The van der Waals surface area contributed by atoms with Crippen molar-refractivity contribution in [2.75, 3.05) is 13.2 Å². The van der Waals surface area contributed by atoms with Crippen LogP contribution in [0.3, 0.4) is 0 Å². The lowest BCUT2D eigenvalue weighted by Gasteiger charge is -2.07. The van der Waals surface area contributed by atoms with Crippen LogP contribution in [0.5, 0.6) is 0 Å². The Balaban J connectivity index is 3.24. The molecule has 0 N–H and O–H groups in total. The van der Waals surface area contributed by atoms with Crippen LogP contribution in [-0.2, 0) is 19.1 Å². The fraction of sp³-hybridized carbons (Fsp3) is 0.956. The number of rotatable bonds is 42. The van der Waals surface area contributed by atoms with Crippen LogP contribution in [0.15, 0.2) is 0 Å². The average molecular weight is 693 g/mol. The first kappa shape index (κ1) is 47.9. The van der Waals surface area contributed by atoms with Gasteiger partial charge in [0.2, 0.25) is 0 Å². The van der Waals surface area contributed by atoms with Gasteiger partial charge in [0.15, 0.2) is 0 Å². The van der Waals surface area contributed by atoms with Crippen molar-refractivity contribution in [3.8, 4) is 0 Å². The number of hydrogen-bond acceptors (Lipinski definition) is 4. The molecule has 0 rings (SSSR count). The Labute approximate surface area is 307 Å². The van der Waals surface area contributed by atoms with Crippen molar-refractivity contribution in [1.82, 2.24) is 0 Å². The average Bonchev–Trinajstić information content (AvgIpc) is 3.10. The second-order valence-electron chi connectivity index (χ2n) is 15.3. The molecule has 292 valence electrons. The molecule has 0 fully saturated rings. The highest BCUT2D eigenvalue weighted by Gasteiger charge is 2.05. The van der Waals surface area contributed by atoms with Gasteiger partial charge in [0.25, 0.3) is 0 Å². The van der Waals surface area contributed by atoms with Gasteiger partial charge in [-0.1, -0.05) is 232 Å². The Morgan fingerprint density at radius 2 is 0.449 bits per heavy atom. The van der Waals surface area contributed by atoms with E-state index in [1.165, 1.54) is 205 Å². The van der Waals surface area contributed by atoms with Crippen molar-refractivity contribution in [2.24, 2.45) is 0 Å². The predicted molar refractivity (Wildman–Crippen MR) is 213 cm³/mol. The van der Waals surface area contributed by atoms with Gasteiger partial charge in [-0.3, -0.25) is 9.59 Å². The van der Waals surface area contributed by atoms with E-state index < -0.39 is 0 Å². The van der Waals surface area contributed by atoms with Gasteiger partial charge < -0.3 is 9.47 Å². The first-order chi connectivity index (χ1) is 24.2. The SMILES string of the molecule is CCCCCCCCCCCCCCCCCCCCC(=O)OCCCOC(=O)CCCCCCCCCCCCCCCCCCCC. The third-order valence-electron chi connectivity index (χ3n) is 10.3. The molecule has 0 aromatic rings. The number of carbonyl (C=O) groups excluding carboxylic acids is 2. The Bertz CT molecular complexity index is 594. The molecule has 0 amide bonds. The first-order valence-electron chi connectivity index (χ1n) is 22.5. The molecule has 0 aliphatic heterocycles. The van der Waals surface area contributed by atoms with Crippen LogP contribution in [0.2, 0.25) is 0 Å². The van der Waals surface area contributed by atoms with E-state index in [0.29, 0.717) is 32.5 Å². The van der Waals surface area contributed by atoms with Crippen LogP contribution in [0.4, 0.5) is 0 Å². The van der Waals surface area contributed by atoms with Crippen LogP contribution < -0.4 is 0 Å². The zero-order valence-electron chi connectivity index (χ0n) is 33.6. The number of hydrogen-bond donors (Lipinski definition) is 0. The molecule has 0 aliphatic carbocycles. The normalized spacial score (nSPS) is 11.3. The summed E-state index contributed by atoms with van der Waals surface area (Å²) in [6, 6.07) is 0. The topological polar surface area (TPSA) is 52.6 Å². The first-order valence-corrected chi connectivity index (χ1v) is 22.5. The highest BCUT2D eigenvalue weighted by atomic mass is 16.5. The van der Waals surface area contributed by atoms with Gasteiger partial charge in [0.05, 0.1) is 13.2 Å². The van der Waals surface area contributed by atoms with Crippen molar-refractivity contribution >= 4 is 11.9 Å². The molecule has 0 atom stereocenters. The lowest BCUT2D eigenvalue weighted by Crippen LogP contribution is -2.10. The van der Waals surface area contributed by atoms with Crippen LogP contribution in [-0.4, -0.2) is 25.2 Å². The van der Waals surface area contributed by atoms with Gasteiger partial charge in [-0.05, 0) is 12.8 Å². The Hall–Kier alpha value is -1.06. The quantitative estimate of drug-likeness (QED) is 0.0472. The molecule has 0 aromatic heterocycles. The lowest BCUT2D eigenvalue weighted by molar-refractivity contribution is -0.146. The van der Waals surface area contributed by atoms with E-state index in [2.05, 4.69) is 13.8 Å². The molecular weight excluding hydrogens is 604 g/mol. The maximum Gasteiger partial charge on any atom is 0.305 e. The fourth-order valence-electron chi connectivity index (χ4n) is 6.92. The Kier molecular flexibility index (Phi) is 42.2. The summed E-state index contributed by atoms with van der Waals surface area (Å²) >= 11 is 0. The maximum absolute atomic E-state index is 12.0. The molecule has 0 saturated carbocycles. The van der Waals surface area contributed by atoms with Crippen molar-refractivity contribution < 1.29 is 19.1 Å². The maximum atomic E-state index is 12.0. The minimum atomic E-state index is -0.110. The monoisotopic (exact) mass is 693 g/mol. The smallest absolute Gasteiger partial charge is 0.305 e. The highest BCUT2D eigenvalue weighted by Crippen LogP contribution is 2.16. The summed E-state index contributed by atoms with van der Waals surface area (Å²) in [4.78, 5) is 23.9. The molecule has 0 unspecified atom stereocenters. The van der Waals surface area contributed by atoms with Crippen molar-refractivity contribution in [2.45, 2.75) is 264 Å². The van der Waals surface area contributed by atoms with Crippen LogP contribution in [0.25, 0.3) is 0 Å². The van der Waals surface area contributed by atoms with E-state index in [9.17, 15) is 9.59 Å². The van der Waals surface area contributed by atoms with E-state index in [0.717, 1.165) is 25.7 Å². The van der Waals surface area contributed by atoms with Gasteiger partial charge in [0, 0.05) is 19.3 Å². The van der Waals surface area contributed by atoms with Gasteiger partial charge in [0.1, 0.15) is 0 Å². The van der Waals surface area contributed by atoms with Crippen molar-refractivity contribution in [3.05, 3.63) is 0 Å². The molecule has 0 heterocycles. The fourth-order valence-corrected chi connectivity index (χ4v) is 6.92. The summed E-state index contributed by atoms with van der Waals surface area (Å²) in [7, 11) is 0. The lowest BCUT2D eigenvalue weighted by atomic mass is 10.0. The minimum Gasteiger partial charge on any atom is -0.466 e. The molecule has 0 radical (unpaired) electrons. The Morgan fingerprint density at radius 1 is 0.265 bits per heavy atom. The third kappa shape index (κ3) is 43.0. The largest absolute Gasteiger partial charge is 0.466 e. The number of esters is 2. The van der Waals surface area contributed by atoms with Crippen LogP contribution in [0, 0.1) is 0 Å².